The van der Waals surface area contributed by atoms with Gasteiger partial charge in [0.25, 0.3) is 0 Å². The number of aliphatic hydroxyl groups excluding tert-OH is 1. The van der Waals surface area contributed by atoms with Crippen LogP contribution >= 0.6 is 0 Å². The van der Waals surface area contributed by atoms with E-state index in [1.54, 1.807) is 13.0 Å². The van der Waals surface area contributed by atoms with E-state index in [-0.39, 0.29) is 41.0 Å². The van der Waals surface area contributed by atoms with Crippen LogP contribution < -0.4 is 0 Å². The fourth-order valence-electron chi connectivity index (χ4n) is 4.41. The minimum atomic E-state index is -0.943. The van der Waals surface area contributed by atoms with E-state index in [2.05, 4.69) is 20.4 Å². The van der Waals surface area contributed by atoms with Gasteiger partial charge in [-0.1, -0.05) is 32.1 Å². The van der Waals surface area contributed by atoms with Crippen molar-refractivity contribution in [2.24, 2.45) is 23.2 Å². The van der Waals surface area contributed by atoms with Crippen LogP contribution in [0.1, 0.15) is 53.9 Å². The maximum atomic E-state index is 12.5. The number of Topliss-reactive ketones (excluding diaryl/α,β-unsaturated/α-hetero) is 1. The molecule has 0 aromatic carbocycles. The topological polar surface area (TPSA) is 63.6 Å². The van der Waals surface area contributed by atoms with E-state index in [4.69, 9.17) is 4.74 Å². The molecule has 0 aliphatic heterocycles. The average Bonchev–Trinajstić information content (AvgIpc) is 2.54. The predicted octanol–water partition coefficient (Wildman–Crippen LogP) is 3.44. The summed E-state index contributed by atoms with van der Waals surface area (Å²) in [5.74, 6) is -0.684. The smallest absolute Gasteiger partial charge is 0.333 e. The number of rotatable bonds is 3. The summed E-state index contributed by atoms with van der Waals surface area (Å²) in [7, 11) is 0. The van der Waals surface area contributed by atoms with Crippen molar-refractivity contribution in [2.75, 3.05) is 0 Å². The quantitative estimate of drug-likeness (QED) is 0.488. The second kappa shape index (κ2) is 6.83. The summed E-state index contributed by atoms with van der Waals surface area (Å²) in [6, 6.07) is 0. The van der Waals surface area contributed by atoms with Gasteiger partial charge in [-0.3, -0.25) is 4.79 Å². The molecular weight excluding hydrogens is 304 g/mol. The van der Waals surface area contributed by atoms with Crippen LogP contribution in [0.15, 0.2) is 23.8 Å². The van der Waals surface area contributed by atoms with E-state index >= 15 is 0 Å². The molecule has 4 heteroatoms. The highest BCUT2D eigenvalue weighted by atomic mass is 16.5. The highest BCUT2D eigenvalue weighted by Gasteiger charge is 2.56. The number of hydrogen-bond donors (Lipinski definition) is 1. The van der Waals surface area contributed by atoms with Gasteiger partial charge in [0.15, 0.2) is 5.78 Å². The van der Waals surface area contributed by atoms with Crippen molar-refractivity contribution in [2.45, 2.75) is 66.1 Å². The summed E-state index contributed by atoms with van der Waals surface area (Å²) < 4.78 is 5.73. The van der Waals surface area contributed by atoms with Gasteiger partial charge in [0.2, 0.25) is 0 Å². The number of allylic oxidation sites excluding steroid dienone is 2. The Labute approximate surface area is 145 Å². The Hall–Kier alpha value is -1.42. The molecule has 0 amide bonds. The third kappa shape index (κ3) is 3.08. The minimum absolute atomic E-state index is 0.0756. The molecule has 1 N–H and O–H groups in total. The van der Waals surface area contributed by atoms with Gasteiger partial charge in [0, 0.05) is 11.5 Å². The van der Waals surface area contributed by atoms with Crippen molar-refractivity contribution >= 4 is 11.8 Å². The fourth-order valence-corrected chi connectivity index (χ4v) is 4.41. The first-order valence-electron chi connectivity index (χ1n) is 8.84. The van der Waals surface area contributed by atoms with Crippen molar-refractivity contribution in [1.29, 1.82) is 0 Å². The van der Waals surface area contributed by atoms with Gasteiger partial charge in [0.05, 0.1) is 0 Å². The van der Waals surface area contributed by atoms with E-state index in [1.807, 2.05) is 13.8 Å². The van der Waals surface area contributed by atoms with Crippen molar-refractivity contribution in [3.8, 4) is 0 Å². The van der Waals surface area contributed by atoms with Crippen LogP contribution in [0.5, 0.6) is 0 Å². The molecule has 0 aromatic rings. The lowest BCUT2D eigenvalue weighted by molar-refractivity contribution is -0.173. The van der Waals surface area contributed by atoms with Crippen LogP contribution in [0.4, 0.5) is 0 Å². The molecule has 0 heterocycles. The van der Waals surface area contributed by atoms with Gasteiger partial charge < -0.3 is 9.84 Å². The predicted molar refractivity (Wildman–Crippen MR) is 93.2 cm³/mol. The minimum Gasteiger partial charge on any atom is -0.459 e. The maximum Gasteiger partial charge on any atom is 0.333 e. The fraction of sp³-hybridized carbons (Fsp3) is 0.700. The number of aliphatic hydroxyl groups is 1. The van der Waals surface area contributed by atoms with Crippen LogP contribution in [-0.4, -0.2) is 29.1 Å². The van der Waals surface area contributed by atoms with E-state index in [1.165, 1.54) is 0 Å². The van der Waals surface area contributed by atoms with E-state index in [0.717, 1.165) is 5.57 Å². The largest absolute Gasteiger partial charge is 0.459 e. The zero-order valence-electron chi connectivity index (χ0n) is 15.5. The van der Waals surface area contributed by atoms with Crippen molar-refractivity contribution in [3.05, 3.63) is 23.8 Å². The molecule has 0 unspecified atom stereocenters. The molecule has 2 aliphatic rings. The molecule has 2 aliphatic carbocycles. The molecule has 0 radical (unpaired) electrons. The van der Waals surface area contributed by atoms with E-state index in [0.29, 0.717) is 24.8 Å². The Morgan fingerprint density at radius 3 is 2.54 bits per heavy atom. The molecule has 0 bridgehead atoms. The Balaban J connectivity index is 2.25. The first-order valence-corrected chi connectivity index (χ1v) is 8.84. The second-order valence-corrected chi connectivity index (χ2v) is 7.84. The van der Waals surface area contributed by atoms with Gasteiger partial charge in [0.1, 0.15) is 12.2 Å². The van der Waals surface area contributed by atoms with Crippen molar-refractivity contribution in [1.82, 2.24) is 0 Å². The lowest BCUT2D eigenvalue weighted by Gasteiger charge is -2.55. The van der Waals surface area contributed by atoms with Crippen LogP contribution in [0.2, 0.25) is 0 Å². The number of ether oxygens (including phenoxy) is 1. The normalized spacial score (nSPS) is 40.0. The monoisotopic (exact) mass is 334 g/mol. The first-order chi connectivity index (χ1) is 11.1. The molecule has 2 saturated carbocycles. The third-order valence-electron chi connectivity index (χ3n) is 6.48. The van der Waals surface area contributed by atoms with Crippen LogP contribution in [-0.2, 0) is 14.3 Å². The molecule has 0 saturated heterocycles. The summed E-state index contributed by atoms with van der Waals surface area (Å²) in [5, 5.41) is 10.6. The maximum absolute atomic E-state index is 12.5. The van der Waals surface area contributed by atoms with Crippen LogP contribution in [0.25, 0.3) is 0 Å². The molecule has 24 heavy (non-hydrogen) atoms. The molecule has 4 nitrogen and oxygen atoms in total. The van der Waals surface area contributed by atoms with Gasteiger partial charge in [-0.15, -0.1) is 0 Å². The van der Waals surface area contributed by atoms with Gasteiger partial charge >= 0.3 is 5.97 Å². The molecule has 2 rings (SSSR count). The van der Waals surface area contributed by atoms with E-state index < -0.39 is 6.10 Å². The molecular formula is C20H30O4. The lowest BCUT2D eigenvalue weighted by Crippen LogP contribution is -2.57. The zero-order chi connectivity index (χ0) is 18.2. The van der Waals surface area contributed by atoms with Crippen molar-refractivity contribution in [3.63, 3.8) is 0 Å². The molecule has 6 atom stereocenters. The molecule has 0 spiro atoms. The Morgan fingerprint density at radius 2 is 2.00 bits per heavy atom. The average molecular weight is 334 g/mol. The Bertz CT molecular complexity index is 576. The van der Waals surface area contributed by atoms with Crippen molar-refractivity contribution < 1.29 is 19.4 Å². The standard InChI is InChI=1S/C20H30O4/c1-7-12(4)19(23)24-16-9-8-15-18(22)17(21)14(11(2)3)10-20(15,6)13(16)5/h7,13-16,18,22H,2,8-10H2,1,3-6H3/b12-7-/t13-,14-,15-,16+,18-,20+/m0/s1. The number of carbonyl (C=O) groups is 2. The number of esters is 1. The highest BCUT2D eigenvalue weighted by Crippen LogP contribution is 2.55. The molecule has 134 valence electrons. The van der Waals surface area contributed by atoms with Gasteiger partial charge in [-0.25, -0.2) is 4.79 Å². The Morgan fingerprint density at radius 1 is 1.38 bits per heavy atom. The van der Waals surface area contributed by atoms with Crippen LogP contribution in [0.3, 0.4) is 0 Å². The number of ketones is 1. The zero-order valence-corrected chi connectivity index (χ0v) is 15.5. The number of fused-ring (bicyclic) bond motifs is 1. The second-order valence-electron chi connectivity index (χ2n) is 7.84. The first kappa shape index (κ1) is 18.9. The Kier molecular flexibility index (Phi) is 5.38. The number of carbonyl (C=O) groups excluding carboxylic acids is 2. The van der Waals surface area contributed by atoms with Crippen LogP contribution in [0, 0.1) is 23.2 Å². The van der Waals surface area contributed by atoms with E-state index in [9.17, 15) is 14.7 Å². The van der Waals surface area contributed by atoms with Gasteiger partial charge in [-0.05, 0) is 57.3 Å². The molecule has 0 aromatic heterocycles. The lowest BCUT2D eigenvalue weighted by atomic mass is 9.51. The van der Waals surface area contributed by atoms with Gasteiger partial charge in [-0.2, -0.15) is 0 Å². The highest BCUT2D eigenvalue weighted by molar-refractivity contribution is 5.89. The summed E-state index contributed by atoms with van der Waals surface area (Å²) in [6.07, 6.45) is 2.68. The summed E-state index contributed by atoms with van der Waals surface area (Å²) >= 11 is 0. The third-order valence-corrected chi connectivity index (χ3v) is 6.48. The molecule has 2 fully saturated rings. The SMILES string of the molecule is C=C(C)[C@@H]1C[C@]2(C)[C@@H](C)[C@H](OC(=O)/C(C)=C\C)CC[C@H]2[C@H](O)C1=O. The number of hydrogen-bond acceptors (Lipinski definition) is 4. The summed E-state index contributed by atoms with van der Waals surface area (Å²) in [6.45, 7) is 13.5. The summed E-state index contributed by atoms with van der Waals surface area (Å²) in [5.41, 5.74) is 1.16. The summed E-state index contributed by atoms with van der Waals surface area (Å²) in [4.78, 5) is 24.6.